The molecule has 5 rings (SSSR count). The van der Waals surface area contributed by atoms with Gasteiger partial charge in [-0.15, -0.1) is 0 Å². The summed E-state index contributed by atoms with van der Waals surface area (Å²) in [7, 11) is 0. The number of anilines is 1. The normalized spacial score (nSPS) is 18.4. The summed E-state index contributed by atoms with van der Waals surface area (Å²) in [5.74, 6) is 2.78. The van der Waals surface area contributed by atoms with Gasteiger partial charge >= 0.3 is 0 Å². The van der Waals surface area contributed by atoms with Crippen molar-refractivity contribution >= 4 is 11.7 Å². The molecule has 1 amide bonds. The van der Waals surface area contributed by atoms with Crippen molar-refractivity contribution in [2.45, 2.75) is 25.7 Å². The topological polar surface area (TPSA) is 101 Å². The Morgan fingerprint density at radius 3 is 2.71 bits per heavy atom. The summed E-state index contributed by atoms with van der Waals surface area (Å²) in [6.45, 7) is 2.27. The van der Waals surface area contributed by atoms with E-state index < -0.39 is 12.2 Å². The average molecular weight is 421 g/mol. The number of hydrogen-bond donors (Lipinski definition) is 1. The number of fused-ring (bicyclic) bond motifs is 2. The predicted molar refractivity (Wildman–Crippen MR) is 109 cm³/mol. The zero-order valence-electron chi connectivity index (χ0n) is 16.6. The summed E-state index contributed by atoms with van der Waals surface area (Å²) < 4.78 is 28.0. The van der Waals surface area contributed by atoms with Crippen LogP contribution >= 0.6 is 0 Å². The number of hydrogen-bond acceptors (Lipinski definition) is 8. The van der Waals surface area contributed by atoms with Gasteiger partial charge in [-0.3, -0.25) is 4.79 Å². The van der Waals surface area contributed by atoms with Crippen molar-refractivity contribution in [3.8, 4) is 28.9 Å². The maximum Gasteiger partial charge on any atom is 0.270 e. The van der Waals surface area contributed by atoms with Gasteiger partial charge in [0.05, 0.1) is 0 Å². The van der Waals surface area contributed by atoms with Gasteiger partial charge in [-0.2, -0.15) is 0 Å². The SMILES string of the molecule is CC1Oc2ccccc2OC1C(=O)Nc1cc(OCc2ccc3c(c2)OCO3)ncn1. The molecule has 2 atom stereocenters. The number of nitrogens with zero attached hydrogens (tertiary/aromatic N) is 2. The molecule has 1 aromatic heterocycles. The average Bonchev–Trinajstić information content (AvgIpc) is 3.25. The first kappa shape index (κ1) is 19.0. The van der Waals surface area contributed by atoms with E-state index in [-0.39, 0.29) is 19.3 Å². The van der Waals surface area contributed by atoms with Gasteiger partial charge in [0.1, 0.15) is 24.9 Å². The van der Waals surface area contributed by atoms with Crippen LogP contribution in [-0.2, 0) is 11.4 Å². The number of carbonyl (C=O) groups excluding carboxylic acids is 1. The van der Waals surface area contributed by atoms with Crippen LogP contribution in [0.15, 0.2) is 54.9 Å². The number of ether oxygens (including phenoxy) is 5. The second-order valence-electron chi connectivity index (χ2n) is 7.02. The number of para-hydroxylation sites is 2. The number of aromatic nitrogens is 2. The van der Waals surface area contributed by atoms with E-state index in [0.717, 1.165) is 5.56 Å². The third-order valence-corrected chi connectivity index (χ3v) is 4.82. The largest absolute Gasteiger partial charge is 0.482 e. The standard InChI is InChI=1S/C22H19N3O6/c1-13-21(31-17-5-3-2-4-16(17)30-13)22(26)25-19-9-20(24-11-23-19)27-10-14-6-7-15-18(8-14)29-12-28-15/h2-9,11,13,21H,10,12H2,1H3,(H,23,24,25,26). The van der Waals surface area contributed by atoms with Crippen LogP contribution in [-0.4, -0.2) is 34.9 Å². The van der Waals surface area contributed by atoms with Gasteiger partial charge in [0.15, 0.2) is 23.0 Å². The maximum absolute atomic E-state index is 12.7. The quantitative estimate of drug-likeness (QED) is 0.671. The van der Waals surface area contributed by atoms with Gasteiger partial charge in [0, 0.05) is 6.07 Å². The molecular weight excluding hydrogens is 402 g/mol. The molecular formula is C22H19N3O6. The van der Waals surface area contributed by atoms with Crippen LogP contribution in [0.2, 0.25) is 0 Å². The number of amides is 1. The van der Waals surface area contributed by atoms with Crippen LogP contribution in [0.1, 0.15) is 12.5 Å². The van der Waals surface area contributed by atoms with Crippen molar-refractivity contribution in [1.29, 1.82) is 0 Å². The Bertz CT molecular complexity index is 1120. The summed E-state index contributed by atoms with van der Waals surface area (Å²) >= 11 is 0. The Morgan fingerprint density at radius 2 is 1.84 bits per heavy atom. The summed E-state index contributed by atoms with van der Waals surface area (Å²) in [5, 5.41) is 2.73. The Hall–Kier alpha value is -4.01. The fourth-order valence-electron chi connectivity index (χ4n) is 3.28. The zero-order chi connectivity index (χ0) is 21.2. The summed E-state index contributed by atoms with van der Waals surface area (Å²) in [5.41, 5.74) is 0.897. The summed E-state index contributed by atoms with van der Waals surface area (Å²) in [6.07, 6.45) is 0.0444. The lowest BCUT2D eigenvalue weighted by molar-refractivity contribution is -0.128. The van der Waals surface area contributed by atoms with E-state index in [9.17, 15) is 4.79 Å². The lowest BCUT2D eigenvalue weighted by Gasteiger charge is -2.30. The minimum Gasteiger partial charge on any atom is -0.482 e. The molecule has 2 aliphatic rings. The third kappa shape index (κ3) is 4.02. The van der Waals surface area contributed by atoms with Gasteiger partial charge in [-0.1, -0.05) is 18.2 Å². The Kier molecular flexibility index (Phi) is 4.91. The molecule has 3 heterocycles. The van der Waals surface area contributed by atoms with E-state index in [1.54, 1.807) is 25.1 Å². The molecule has 31 heavy (non-hydrogen) atoms. The van der Waals surface area contributed by atoms with Crippen molar-refractivity contribution in [2.75, 3.05) is 12.1 Å². The number of rotatable bonds is 5. The highest BCUT2D eigenvalue weighted by Crippen LogP contribution is 2.34. The van der Waals surface area contributed by atoms with Crippen LogP contribution in [0.4, 0.5) is 5.82 Å². The first-order valence-corrected chi connectivity index (χ1v) is 9.72. The minimum atomic E-state index is -0.817. The molecule has 0 radical (unpaired) electrons. The van der Waals surface area contributed by atoms with Gasteiger partial charge < -0.3 is 29.0 Å². The van der Waals surface area contributed by atoms with Crippen LogP contribution in [0.25, 0.3) is 0 Å². The molecule has 0 aliphatic carbocycles. The maximum atomic E-state index is 12.7. The molecule has 3 aromatic rings. The molecule has 9 nitrogen and oxygen atoms in total. The van der Waals surface area contributed by atoms with Gasteiger partial charge in [0.25, 0.3) is 5.91 Å². The molecule has 9 heteroatoms. The van der Waals surface area contributed by atoms with Crippen molar-refractivity contribution in [1.82, 2.24) is 9.97 Å². The Balaban J connectivity index is 1.22. The molecule has 0 spiro atoms. The van der Waals surface area contributed by atoms with Gasteiger partial charge in [-0.05, 0) is 36.8 Å². The number of benzene rings is 2. The first-order valence-electron chi connectivity index (χ1n) is 9.72. The van der Waals surface area contributed by atoms with Crippen LogP contribution < -0.4 is 29.0 Å². The Morgan fingerprint density at radius 1 is 1.03 bits per heavy atom. The second-order valence-corrected chi connectivity index (χ2v) is 7.02. The molecule has 0 saturated carbocycles. The summed E-state index contributed by atoms with van der Waals surface area (Å²) in [4.78, 5) is 20.9. The predicted octanol–water partition coefficient (Wildman–Crippen LogP) is 2.95. The molecule has 0 fully saturated rings. The summed E-state index contributed by atoms with van der Waals surface area (Å²) in [6, 6.07) is 14.3. The van der Waals surface area contributed by atoms with E-state index in [2.05, 4.69) is 15.3 Å². The lowest BCUT2D eigenvalue weighted by atomic mass is 10.1. The highest BCUT2D eigenvalue weighted by atomic mass is 16.7. The zero-order valence-corrected chi connectivity index (χ0v) is 16.6. The van der Waals surface area contributed by atoms with Crippen molar-refractivity contribution in [2.24, 2.45) is 0 Å². The van der Waals surface area contributed by atoms with E-state index in [4.69, 9.17) is 23.7 Å². The molecule has 2 aliphatic heterocycles. The molecule has 158 valence electrons. The molecule has 2 unspecified atom stereocenters. The van der Waals surface area contributed by atoms with E-state index in [0.29, 0.717) is 34.7 Å². The van der Waals surface area contributed by atoms with Crippen molar-refractivity contribution < 1.29 is 28.5 Å². The van der Waals surface area contributed by atoms with E-state index >= 15 is 0 Å². The van der Waals surface area contributed by atoms with Gasteiger partial charge in [-0.25, -0.2) is 9.97 Å². The minimum absolute atomic E-state index is 0.217. The molecule has 0 bridgehead atoms. The first-order chi connectivity index (χ1) is 15.2. The monoisotopic (exact) mass is 421 g/mol. The fraction of sp³-hybridized carbons (Fsp3) is 0.227. The highest BCUT2D eigenvalue weighted by Gasteiger charge is 2.34. The number of carbonyl (C=O) groups is 1. The van der Waals surface area contributed by atoms with Gasteiger partial charge in [0.2, 0.25) is 18.8 Å². The molecule has 2 aromatic carbocycles. The Labute approximate surface area is 177 Å². The highest BCUT2D eigenvalue weighted by molar-refractivity contribution is 5.94. The molecule has 1 N–H and O–H groups in total. The van der Waals surface area contributed by atoms with Crippen molar-refractivity contribution in [3.63, 3.8) is 0 Å². The van der Waals surface area contributed by atoms with E-state index in [1.165, 1.54) is 6.33 Å². The van der Waals surface area contributed by atoms with Crippen molar-refractivity contribution in [3.05, 3.63) is 60.4 Å². The third-order valence-electron chi connectivity index (χ3n) is 4.82. The van der Waals surface area contributed by atoms with E-state index in [1.807, 2.05) is 30.3 Å². The molecule has 0 saturated heterocycles. The smallest absolute Gasteiger partial charge is 0.270 e. The second kappa shape index (κ2) is 8.02. The fourth-order valence-corrected chi connectivity index (χ4v) is 3.28. The lowest BCUT2D eigenvalue weighted by Crippen LogP contribution is -2.46. The van der Waals surface area contributed by atoms with Crippen LogP contribution in [0, 0.1) is 0 Å². The van der Waals surface area contributed by atoms with Crippen LogP contribution in [0.3, 0.4) is 0 Å². The van der Waals surface area contributed by atoms with Crippen LogP contribution in [0.5, 0.6) is 28.9 Å². The number of nitrogens with one attached hydrogen (secondary N) is 1.